The van der Waals surface area contributed by atoms with E-state index in [2.05, 4.69) is 10.1 Å². The fourth-order valence-electron chi connectivity index (χ4n) is 4.37. The molecule has 166 valence electrons. The van der Waals surface area contributed by atoms with Crippen molar-refractivity contribution < 1.29 is 22.4 Å². The maximum atomic E-state index is 14.8. The quantitative estimate of drug-likeness (QED) is 0.715. The summed E-state index contributed by atoms with van der Waals surface area (Å²) in [6.07, 6.45) is -3.29. The van der Waals surface area contributed by atoms with Crippen LogP contribution in [0.1, 0.15) is 27.4 Å². The van der Waals surface area contributed by atoms with Crippen molar-refractivity contribution in [1.29, 1.82) is 0 Å². The lowest BCUT2D eigenvalue weighted by atomic mass is 9.90. The molecule has 1 saturated heterocycles. The average Bonchev–Trinajstić information content (AvgIpc) is 3.09. The topological polar surface area (TPSA) is 74.3 Å². The first-order valence-electron chi connectivity index (χ1n) is 10.0. The number of amides is 1. The van der Waals surface area contributed by atoms with Gasteiger partial charge in [0.15, 0.2) is 0 Å². The Bertz CT molecular complexity index is 1250. The van der Waals surface area contributed by atoms with Gasteiger partial charge in [-0.2, -0.15) is 18.3 Å². The molecule has 2 aromatic carbocycles. The number of nitrogens with zero attached hydrogens (tertiary/aromatic N) is 4. The van der Waals surface area contributed by atoms with Crippen LogP contribution in [0.15, 0.2) is 46.5 Å². The number of carbonyl (C=O) groups is 1. The normalized spacial score (nSPS) is 22.4. The van der Waals surface area contributed by atoms with Crippen LogP contribution in [-0.4, -0.2) is 48.3 Å². The van der Waals surface area contributed by atoms with Crippen LogP contribution in [0.3, 0.4) is 0 Å². The van der Waals surface area contributed by atoms with Gasteiger partial charge in [-0.15, -0.1) is 0 Å². The first-order chi connectivity index (χ1) is 15.1. The van der Waals surface area contributed by atoms with E-state index in [1.54, 1.807) is 18.3 Å². The molecule has 0 aromatic heterocycles. The van der Waals surface area contributed by atoms with Gasteiger partial charge < -0.3 is 10.6 Å². The highest BCUT2D eigenvalue weighted by molar-refractivity contribution is 5.95. The van der Waals surface area contributed by atoms with E-state index in [1.165, 1.54) is 29.2 Å². The third kappa shape index (κ3) is 3.26. The summed E-state index contributed by atoms with van der Waals surface area (Å²) in [4.78, 5) is 18.8. The van der Waals surface area contributed by atoms with Crippen LogP contribution in [0.5, 0.6) is 0 Å². The van der Waals surface area contributed by atoms with Gasteiger partial charge in [0.1, 0.15) is 12.0 Å². The van der Waals surface area contributed by atoms with Gasteiger partial charge in [0.05, 0.1) is 28.1 Å². The van der Waals surface area contributed by atoms with Crippen molar-refractivity contribution >= 4 is 17.8 Å². The van der Waals surface area contributed by atoms with Gasteiger partial charge >= 0.3 is 6.18 Å². The Kier molecular flexibility index (Phi) is 4.59. The highest BCUT2D eigenvalue weighted by Gasteiger charge is 2.36. The fraction of sp³-hybridized carbons (Fsp3) is 0.318. The van der Waals surface area contributed by atoms with E-state index in [1.807, 2.05) is 0 Å². The number of hydrogen-bond acceptors (Lipinski definition) is 5. The van der Waals surface area contributed by atoms with E-state index in [-0.39, 0.29) is 17.4 Å². The highest BCUT2D eigenvalue weighted by atomic mass is 19.4. The molecule has 2 N–H and O–H groups in total. The molecule has 6 nitrogen and oxygen atoms in total. The van der Waals surface area contributed by atoms with Crippen molar-refractivity contribution in [2.75, 3.05) is 20.1 Å². The second-order valence-corrected chi connectivity index (χ2v) is 8.19. The smallest absolute Gasteiger partial charge is 0.337 e. The molecule has 0 saturated carbocycles. The van der Waals surface area contributed by atoms with Gasteiger partial charge in [0.25, 0.3) is 5.91 Å². The van der Waals surface area contributed by atoms with Crippen molar-refractivity contribution in [3.63, 3.8) is 0 Å². The molecule has 3 aliphatic heterocycles. The maximum absolute atomic E-state index is 14.8. The molecule has 32 heavy (non-hydrogen) atoms. The molecule has 2 aromatic rings. The predicted octanol–water partition coefficient (Wildman–Crippen LogP) is 1.66. The zero-order valence-electron chi connectivity index (χ0n) is 17.0. The van der Waals surface area contributed by atoms with Gasteiger partial charge in [0, 0.05) is 43.6 Å². The highest BCUT2D eigenvalue weighted by Crippen LogP contribution is 2.33. The van der Waals surface area contributed by atoms with Crippen molar-refractivity contribution in [1.82, 2.24) is 9.91 Å². The summed E-state index contributed by atoms with van der Waals surface area (Å²) in [7, 11) is 1.75. The summed E-state index contributed by atoms with van der Waals surface area (Å²) in [6.45, 7) is 0.608. The first-order valence-corrected chi connectivity index (χ1v) is 10.0. The van der Waals surface area contributed by atoms with Gasteiger partial charge in [0.2, 0.25) is 0 Å². The Morgan fingerprint density at radius 1 is 1.16 bits per heavy atom. The fourth-order valence-corrected chi connectivity index (χ4v) is 4.37. The number of nitrogens with two attached hydrogens (primary N) is 1. The number of carbonyl (C=O) groups excluding carboxylic acids is 1. The third-order valence-electron chi connectivity index (χ3n) is 6.19. The monoisotopic (exact) mass is 445 g/mol. The number of halogens is 4. The zero-order chi connectivity index (χ0) is 22.8. The van der Waals surface area contributed by atoms with Crippen molar-refractivity contribution in [3.8, 4) is 0 Å². The lowest BCUT2D eigenvalue weighted by Gasteiger charge is -2.39. The van der Waals surface area contributed by atoms with E-state index in [4.69, 9.17) is 5.73 Å². The molecule has 10 heteroatoms. The van der Waals surface area contributed by atoms with E-state index in [0.717, 1.165) is 17.8 Å². The standard InChI is InChI=1S/C22H19F4N5O/c1-30-19-15-6-14(17(23)7-18(15)29-20(27)16(19)8-28-30)21(32)31-9-12(10-31)11-2-4-13(5-3-11)22(24,25)26/h2-8,12,16,20H,9-10,27H2,1H3. The number of rotatable bonds is 2. The van der Waals surface area contributed by atoms with E-state index in [0.29, 0.717) is 29.2 Å². The van der Waals surface area contributed by atoms with E-state index < -0.39 is 29.6 Å². The van der Waals surface area contributed by atoms with Gasteiger partial charge in [-0.05, 0) is 23.8 Å². The summed E-state index contributed by atoms with van der Waals surface area (Å²) >= 11 is 0. The molecule has 0 spiro atoms. The number of likely N-dealkylation sites (tertiary alicyclic amines) is 1. The van der Waals surface area contributed by atoms with E-state index in [9.17, 15) is 22.4 Å². The molecular formula is C22H19F4N5O. The van der Waals surface area contributed by atoms with Gasteiger partial charge in [-0.25, -0.2) is 4.39 Å². The van der Waals surface area contributed by atoms with Crippen LogP contribution in [0.25, 0.3) is 5.70 Å². The minimum Gasteiger partial charge on any atom is -0.337 e. The molecular weight excluding hydrogens is 426 g/mol. The third-order valence-corrected chi connectivity index (χ3v) is 6.19. The molecule has 0 bridgehead atoms. The molecule has 0 radical (unpaired) electrons. The molecule has 0 aliphatic carbocycles. The van der Waals surface area contributed by atoms with Crippen LogP contribution in [0, 0.1) is 11.7 Å². The Morgan fingerprint density at radius 2 is 1.84 bits per heavy atom. The molecule has 2 atom stereocenters. The Hall–Kier alpha value is -3.27. The Labute approximate surface area is 180 Å². The number of benzene rings is 2. The molecule has 1 fully saturated rings. The lowest BCUT2D eigenvalue weighted by molar-refractivity contribution is -0.137. The summed E-state index contributed by atoms with van der Waals surface area (Å²) in [5.41, 5.74) is 6.75. The van der Waals surface area contributed by atoms with Crippen molar-refractivity contribution in [2.24, 2.45) is 21.7 Å². The molecule has 5 rings (SSSR count). The maximum Gasteiger partial charge on any atom is 0.416 e. The van der Waals surface area contributed by atoms with Crippen LogP contribution >= 0.6 is 0 Å². The number of hydrazone groups is 1. The van der Waals surface area contributed by atoms with Crippen LogP contribution in [-0.2, 0) is 6.18 Å². The minimum atomic E-state index is -4.39. The minimum absolute atomic E-state index is 0.0770. The van der Waals surface area contributed by atoms with Crippen molar-refractivity contribution in [2.45, 2.75) is 18.3 Å². The SMILES string of the molecule is CN1N=CC2C1=c1cc(C(=O)N3CC(c4ccc(C(F)(F)F)cc4)C3)c(F)cc1=NC2N. The van der Waals surface area contributed by atoms with Crippen LogP contribution in [0.4, 0.5) is 17.6 Å². The molecule has 1 amide bonds. The van der Waals surface area contributed by atoms with Gasteiger partial charge in [-0.3, -0.25) is 14.8 Å². The summed E-state index contributed by atoms with van der Waals surface area (Å²) < 4.78 is 53.0. The predicted molar refractivity (Wildman–Crippen MR) is 108 cm³/mol. The summed E-state index contributed by atoms with van der Waals surface area (Å²) in [5, 5.41) is 6.86. The Morgan fingerprint density at radius 3 is 2.50 bits per heavy atom. The average molecular weight is 445 g/mol. The molecule has 3 aliphatic rings. The number of hydrogen-bond donors (Lipinski definition) is 1. The van der Waals surface area contributed by atoms with Gasteiger partial charge in [-0.1, -0.05) is 12.1 Å². The summed E-state index contributed by atoms with van der Waals surface area (Å²) in [5.74, 6) is -1.50. The summed E-state index contributed by atoms with van der Waals surface area (Å²) in [6, 6.07) is 7.61. The lowest BCUT2D eigenvalue weighted by Crippen LogP contribution is -2.50. The van der Waals surface area contributed by atoms with Crippen LogP contribution < -0.4 is 16.3 Å². The number of fused-ring (bicyclic) bond motifs is 2. The second-order valence-electron chi connectivity index (χ2n) is 8.19. The zero-order valence-corrected chi connectivity index (χ0v) is 17.0. The van der Waals surface area contributed by atoms with E-state index >= 15 is 0 Å². The Balaban J connectivity index is 1.39. The van der Waals surface area contributed by atoms with Crippen LogP contribution in [0.2, 0.25) is 0 Å². The molecule has 2 unspecified atom stereocenters. The number of alkyl halides is 3. The molecule has 3 heterocycles. The largest absolute Gasteiger partial charge is 0.416 e. The second kappa shape index (κ2) is 7.13. The first kappa shape index (κ1) is 20.6. The van der Waals surface area contributed by atoms with Crippen molar-refractivity contribution in [3.05, 3.63) is 69.5 Å².